The van der Waals surface area contributed by atoms with Crippen molar-refractivity contribution in [2.45, 2.75) is 42.0 Å². The third-order valence-electron chi connectivity index (χ3n) is 7.46. The summed E-state index contributed by atoms with van der Waals surface area (Å²) in [4.78, 5) is 28.3. The number of aliphatic carboxylic acids is 1. The summed E-state index contributed by atoms with van der Waals surface area (Å²) in [5, 5.41) is 16.1. The average Bonchev–Trinajstić information content (AvgIpc) is 2.97. The van der Waals surface area contributed by atoms with Crippen molar-refractivity contribution in [3.05, 3.63) is 78.4 Å². The number of sulfone groups is 1. The summed E-state index contributed by atoms with van der Waals surface area (Å²) < 4.78 is 28.3. The number of rotatable bonds is 12. The molecular weight excluding hydrogens is 542 g/mol. The summed E-state index contributed by atoms with van der Waals surface area (Å²) in [6, 6.07) is 21.0. The normalized spacial score (nSPS) is 19.5. The van der Waals surface area contributed by atoms with Crippen LogP contribution in [0.5, 0.6) is 0 Å². The number of benzene rings is 3. The summed E-state index contributed by atoms with van der Waals surface area (Å²) in [6.45, 7) is 1.07. The smallest absolute Gasteiger partial charge is 0.303 e. The lowest BCUT2D eigenvalue weighted by atomic mass is 9.85. The van der Waals surface area contributed by atoms with Crippen LogP contribution in [0, 0.1) is 11.8 Å². The Bertz CT molecular complexity index is 1500. The molecule has 0 radical (unpaired) electrons. The number of carbonyl (C=O) groups is 2. The fraction of sp³-hybridized carbons (Fsp3) is 0.367. The molecule has 7 N–H and O–H groups in total. The molecule has 41 heavy (non-hydrogen) atoms. The number of nitrogens with two attached hydrogens (primary N) is 2. The van der Waals surface area contributed by atoms with Gasteiger partial charge >= 0.3 is 5.97 Å². The molecule has 0 spiro atoms. The van der Waals surface area contributed by atoms with E-state index in [4.69, 9.17) is 16.6 Å². The van der Waals surface area contributed by atoms with Crippen LogP contribution in [-0.2, 0) is 25.8 Å². The van der Waals surface area contributed by atoms with Crippen molar-refractivity contribution in [1.29, 1.82) is 0 Å². The minimum absolute atomic E-state index is 0.0294. The van der Waals surface area contributed by atoms with Crippen molar-refractivity contribution in [3.8, 4) is 0 Å². The Morgan fingerprint density at radius 3 is 2.49 bits per heavy atom. The second-order valence-corrected chi connectivity index (χ2v) is 12.4. The van der Waals surface area contributed by atoms with Crippen molar-refractivity contribution in [2.24, 2.45) is 28.3 Å². The molecule has 1 fully saturated rings. The number of nitrogens with one attached hydrogen (secondary N) is 2. The molecule has 4 atom stereocenters. The Hall–Kier alpha value is -3.64. The number of aliphatic imine (C=N–C) groups is 1. The lowest BCUT2D eigenvalue weighted by Gasteiger charge is -2.37. The molecule has 0 aromatic heterocycles. The molecule has 10 nitrogen and oxygen atoms in total. The number of carboxylic acids is 1. The first-order valence-corrected chi connectivity index (χ1v) is 15.3. The maximum atomic E-state index is 14.1. The quantitative estimate of drug-likeness (QED) is 0.122. The molecule has 0 aliphatic carbocycles. The summed E-state index contributed by atoms with van der Waals surface area (Å²) in [5.41, 5.74) is 13.4. The molecule has 218 valence electrons. The van der Waals surface area contributed by atoms with E-state index in [-0.39, 0.29) is 30.1 Å². The third-order valence-corrected chi connectivity index (χ3v) is 9.55. The molecular formula is C30H37N5O5S. The molecule has 1 heterocycles. The highest BCUT2D eigenvalue weighted by Crippen LogP contribution is 2.31. The number of hydrogen-bond acceptors (Lipinski definition) is 7. The van der Waals surface area contributed by atoms with Crippen LogP contribution >= 0.6 is 0 Å². The van der Waals surface area contributed by atoms with Crippen LogP contribution < -0.4 is 22.1 Å². The zero-order valence-corrected chi connectivity index (χ0v) is 23.6. The molecule has 1 aliphatic heterocycles. The van der Waals surface area contributed by atoms with E-state index in [9.17, 15) is 18.0 Å². The number of piperidine rings is 1. The summed E-state index contributed by atoms with van der Waals surface area (Å²) in [6.07, 6.45) is 0.912. The number of hydrogen-bond donors (Lipinski definition) is 5. The van der Waals surface area contributed by atoms with Gasteiger partial charge in [-0.2, -0.15) is 4.99 Å². The number of fused-ring (bicyclic) bond motifs is 1. The number of amides is 1. The topological polar surface area (TPSA) is 177 Å². The van der Waals surface area contributed by atoms with Crippen LogP contribution in [0.1, 0.15) is 24.8 Å². The molecule has 1 aliphatic rings. The first kappa shape index (κ1) is 30.3. The van der Waals surface area contributed by atoms with Gasteiger partial charge in [0.2, 0.25) is 0 Å². The molecule has 11 heteroatoms. The van der Waals surface area contributed by atoms with Crippen molar-refractivity contribution in [1.82, 2.24) is 10.6 Å². The molecule has 3 unspecified atom stereocenters. The molecule has 1 saturated heterocycles. The van der Waals surface area contributed by atoms with Gasteiger partial charge in [-0.3, -0.25) is 9.59 Å². The predicted octanol–water partition coefficient (Wildman–Crippen LogP) is 2.07. The van der Waals surface area contributed by atoms with Gasteiger partial charge in [0.05, 0.1) is 10.9 Å². The largest absolute Gasteiger partial charge is 0.481 e. The number of carbonyl (C=O) groups excluding carboxylic acids is 1. The van der Waals surface area contributed by atoms with E-state index in [1.807, 2.05) is 54.6 Å². The number of nitrogens with zero attached hydrogens (tertiary/aromatic N) is 1. The lowest BCUT2D eigenvalue weighted by Crippen LogP contribution is -2.54. The predicted molar refractivity (Wildman–Crippen MR) is 159 cm³/mol. The van der Waals surface area contributed by atoms with Crippen molar-refractivity contribution in [2.75, 3.05) is 19.6 Å². The van der Waals surface area contributed by atoms with Gasteiger partial charge in [-0.25, -0.2) is 8.42 Å². The van der Waals surface area contributed by atoms with Gasteiger partial charge in [0.1, 0.15) is 11.2 Å². The van der Waals surface area contributed by atoms with Gasteiger partial charge in [-0.15, -0.1) is 0 Å². The Morgan fingerprint density at radius 2 is 1.76 bits per heavy atom. The molecule has 3 aromatic carbocycles. The zero-order chi connectivity index (χ0) is 29.4. The average molecular weight is 580 g/mol. The monoisotopic (exact) mass is 579 g/mol. The van der Waals surface area contributed by atoms with Gasteiger partial charge in [-0.1, -0.05) is 60.7 Å². The Balaban J connectivity index is 1.62. The maximum Gasteiger partial charge on any atom is 0.303 e. The fourth-order valence-corrected chi connectivity index (χ4v) is 7.25. The summed E-state index contributed by atoms with van der Waals surface area (Å²) in [7, 11) is -3.95. The van der Waals surface area contributed by atoms with Crippen LogP contribution in [0.4, 0.5) is 0 Å². The molecule has 0 bridgehead atoms. The van der Waals surface area contributed by atoms with E-state index in [1.165, 1.54) is 0 Å². The van der Waals surface area contributed by atoms with Crippen LogP contribution in [-0.4, -0.2) is 62.3 Å². The van der Waals surface area contributed by atoms with Crippen LogP contribution in [0.25, 0.3) is 10.8 Å². The lowest BCUT2D eigenvalue weighted by molar-refractivity contribution is -0.137. The van der Waals surface area contributed by atoms with Gasteiger partial charge in [0.25, 0.3) is 5.91 Å². The Morgan fingerprint density at radius 1 is 1.05 bits per heavy atom. The second-order valence-electron chi connectivity index (χ2n) is 10.4. The van der Waals surface area contributed by atoms with Crippen LogP contribution in [0.15, 0.2) is 82.7 Å². The minimum Gasteiger partial charge on any atom is -0.481 e. The van der Waals surface area contributed by atoms with Gasteiger partial charge < -0.3 is 27.2 Å². The van der Waals surface area contributed by atoms with E-state index < -0.39 is 45.0 Å². The standard InChI is InChI=1S/C30H37N5O5S/c31-26(17-20-7-2-1-3-8-20)29(38)35-28(32)25-19-33-16-14-24(25)30(34-15-6-11-27(36)37)41(39,40)23-13-12-21-9-4-5-10-22(21)18-23/h1-5,7-10,12-13,18,24-26,30,33-34H,6,11,14-17,19,31H2,(H,36,37)(H2,32,35,38)/t24?,25?,26-,30?/m0/s1. The first-order chi connectivity index (χ1) is 19.7. The van der Waals surface area contributed by atoms with Gasteiger partial charge in [-0.05, 0) is 60.8 Å². The summed E-state index contributed by atoms with van der Waals surface area (Å²) in [5.74, 6) is -2.59. The highest BCUT2D eigenvalue weighted by molar-refractivity contribution is 7.92. The fourth-order valence-electron chi connectivity index (χ4n) is 5.28. The van der Waals surface area contributed by atoms with E-state index in [1.54, 1.807) is 18.2 Å². The SMILES string of the molecule is NC(=NC(=O)[C@@H](N)Cc1ccccc1)C1CNCCC1C(NCCCC(=O)O)S(=O)(=O)c1ccc2ccccc2c1. The Kier molecular flexibility index (Phi) is 10.2. The van der Waals surface area contributed by atoms with E-state index in [2.05, 4.69) is 15.6 Å². The highest BCUT2D eigenvalue weighted by Gasteiger charge is 2.41. The molecule has 1 amide bonds. The molecule has 3 aromatic rings. The molecule has 4 rings (SSSR count). The van der Waals surface area contributed by atoms with Crippen molar-refractivity contribution < 1.29 is 23.1 Å². The van der Waals surface area contributed by atoms with Crippen molar-refractivity contribution in [3.63, 3.8) is 0 Å². The van der Waals surface area contributed by atoms with Crippen LogP contribution in [0.3, 0.4) is 0 Å². The van der Waals surface area contributed by atoms with Gasteiger partial charge in [0.15, 0.2) is 9.84 Å². The zero-order valence-electron chi connectivity index (χ0n) is 22.8. The van der Waals surface area contributed by atoms with E-state index >= 15 is 0 Å². The Labute approximate surface area is 240 Å². The van der Waals surface area contributed by atoms with Crippen molar-refractivity contribution >= 4 is 38.3 Å². The second kappa shape index (κ2) is 13.8. The highest BCUT2D eigenvalue weighted by atomic mass is 32.2. The summed E-state index contributed by atoms with van der Waals surface area (Å²) >= 11 is 0. The number of amidine groups is 1. The third kappa shape index (κ3) is 7.76. The van der Waals surface area contributed by atoms with Gasteiger partial charge in [0, 0.05) is 24.8 Å². The minimum atomic E-state index is -3.95. The van der Waals surface area contributed by atoms with E-state index in [0.717, 1.165) is 16.3 Å². The maximum absolute atomic E-state index is 14.1. The number of carboxylic acid groups (broad SMARTS) is 1. The molecule has 0 saturated carbocycles. The van der Waals surface area contributed by atoms with E-state index in [0.29, 0.717) is 25.9 Å². The van der Waals surface area contributed by atoms with Crippen LogP contribution in [0.2, 0.25) is 0 Å². The first-order valence-electron chi connectivity index (χ1n) is 13.7.